The number of anilines is 1. The molecule has 0 aliphatic rings. The van der Waals surface area contributed by atoms with Crippen molar-refractivity contribution >= 4 is 21.6 Å². The first kappa shape index (κ1) is 18.6. The Morgan fingerprint density at radius 1 is 0.926 bits per heavy atom. The van der Waals surface area contributed by atoms with E-state index >= 15 is 0 Å². The molecule has 0 atom stereocenters. The number of benzene rings is 3. The van der Waals surface area contributed by atoms with Gasteiger partial charge in [0.15, 0.2) is 0 Å². The van der Waals surface area contributed by atoms with Gasteiger partial charge in [0.25, 0.3) is 10.0 Å². The van der Waals surface area contributed by atoms with Crippen LogP contribution in [0, 0.1) is 5.82 Å². The number of nitrogens with two attached hydrogens (primary N) is 1. The normalized spacial score (nSPS) is 11.2. The fourth-order valence-corrected chi connectivity index (χ4v) is 3.85. The lowest BCUT2D eigenvalue weighted by molar-refractivity contribution is 0.100. The molecule has 138 valence electrons. The fourth-order valence-electron chi connectivity index (χ4n) is 2.61. The Morgan fingerprint density at radius 2 is 1.56 bits per heavy atom. The average Bonchev–Trinajstić information content (AvgIpc) is 2.68. The molecule has 0 radical (unpaired) electrons. The van der Waals surface area contributed by atoms with Crippen molar-refractivity contribution in [1.82, 2.24) is 0 Å². The molecule has 0 bridgehead atoms. The zero-order valence-corrected chi connectivity index (χ0v) is 15.3. The van der Waals surface area contributed by atoms with E-state index in [-0.39, 0.29) is 10.7 Å². The van der Waals surface area contributed by atoms with Gasteiger partial charge in [-0.1, -0.05) is 24.3 Å². The van der Waals surface area contributed by atoms with Gasteiger partial charge in [0.05, 0.1) is 10.6 Å². The molecule has 7 heteroatoms. The number of hydrogen-bond donors (Lipinski definition) is 1. The molecule has 0 saturated carbocycles. The monoisotopic (exact) mass is 384 g/mol. The maximum atomic E-state index is 13.1. The minimum absolute atomic E-state index is 0.103. The van der Waals surface area contributed by atoms with E-state index in [1.165, 1.54) is 55.6 Å². The van der Waals surface area contributed by atoms with E-state index in [1.54, 1.807) is 24.3 Å². The summed E-state index contributed by atoms with van der Waals surface area (Å²) in [4.78, 5) is 11.3. The number of hydrogen-bond acceptors (Lipinski definition) is 3. The first-order chi connectivity index (χ1) is 12.8. The molecular formula is C20H17FN2O3S. The van der Waals surface area contributed by atoms with E-state index in [0.29, 0.717) is 22.4 Å². The van der Waals surface area contributed by atoms with Crippen molar-refractivity contribution in [3.05, 3.63) is 84.2 Å². The summed E-state index contributed by atoms with van der Waals surface area (Å²) < 4.78 is 40.2. The average molecular weight is 384 g/mol. The summed E-state index contributed by atoms with van der Waals surface area (Å²) in [6.45, 7) is 0. The Hall–Kier alpha value is -3.19. The first-order valence-electron chi connectivity index (χ1n) is 8.04. The molecule has 0 aliphatic heterocycles. The molecule has 0 fully saturated rings. The predicted molar refractivity (Wildman–Crippen MR) is 102 cm³/mol. The lowest BCUT2D eigenvalue weighted by atomic mass is 10.1. The molecule has 0 spiro atoms. The molecule has 0 aromatic heterocycles. The van der Waals surface area contributed by atoms with Crippen LogP contribution in [-0.2, 0) is 10.0 Å². The van der Waals surface area contributed by atoms with Crippen molar-refractivity contribution in [1.29, 1.82) is 0 Å². The molecule has 3 rings (SSSR count). The molecule has 27 heavy (non-hydrogen) atoms. The molecule has 0 heterocycles. The van der Waals surface area contributed by atoms with Crippen LogP contribution in [-0.4, -0.2) is 21.4 Å². The van der Waals surface area contributed by atoms with Crippen molar-refractivity contribution < 1.29 is 17.6 Å². The summed E-state index contributed by atoms with van der Waals surface area (Å²) >= 11 is 0. The van der Waals surface area contributed by atoms with Crippen molar-refractivity contribution in [3.8, 4) is 11.1 Å². The highest BCUT2D eigenvalue weighted by atomic mass is 32.2. The topological polar surface area (TPSA) is 80.5 Å². The Labute approximate surface area is 156 Å². The van der Waals surface area contributed by atoms with Gasteiger partial charge in [-0.15, -0.1) is 0 Å². The summed E-state index contributed by atoms with van der Waals surface area (Å²) in [6.07, 6.45) is 0. The summed E-state index contributed by atoms with van der Waals surface area (Å²) in [5.74, 6) is -0.944. The third kappa shape index (κ3) is 3.83. The van der Waals surface area contributed by atoms with Crippen LogP contribution in [0.5, 0.6) is 0 Å². The van der Waals surface area contributed by atoms with E-state index in [9.17, 15) is 17.6 Å². The molecule has 0 unspecified atom stereocenters. The van der Waals surface area contributed by atoms with Crippen molar-refractivity contribution in [2.75, 3.05) is 11.4 Å². The number of halogens is 1. The van der Waals surface area contributed by atoms with E-state index in [0.717, 1.165) is 4.31 Å². The molecule has 3 aromatic rings. The van der Waals surface area contributed by atoms with Gasteiger partial charge in [0.2, 0.25) is 5.91 Å². The van der Waals surface area contributed by atoms with E-state index in [1.807, 2.05) is 0 Å². The highest BCUT2D eigenvalue weighted by Crippen LogP contribution is 2.26. The summed E-state index contributed by atoms with van der Waals surface area (Å²) in [7, 11) is -2.39. The van der Waals surface area contributed by atoms with Crippen LogP contribution in [0.3, 0.4) is 0 Å². The number of amides is 1. The molecule has 0 aliphatic carbocycles. The molecule has 2 N–H and O–H groups in total. The lowest BCUT2D eigenvalue weighted by Crippen LogP contribution is -2.26. The van der Waals surface area contributed by atoms with Gasteiger partial charge in [-0.3, -0.25) is 9.10 Å². The minimum Gasteiger partial charge on any atom is -0.366 e. The SMILES string of the molecule is CN(c1ccc(C(N)=O)cc1)S(=O)(=O)c1cccc(-c2ccc(F)cc2)c1. The second kappa shape index (κ2) is 7.20. The third-order valence-electron chi connectivity index (χ3n) is 4.19. The van der Waals surface area contributed by atoms with Gasteiger partial charge >= 0.3 is 0 Å². The van der Waals surface area contributed by atoms with Gasteiger partial charge < -0.3 is 5.73 Å². The fraction of sp³-hybridized carbons (Fsp3) is 0.0500. The summed E-state index contributed by atoms with van der Waals surface area (Å²) in [6, 6.07) is 18.2. The van der Waals surface area contributed by atoms with Gasteiger partial charge in [-0.25, -0.2) is 12.8 Å². The number of nitrogens with zero attached hydrogens (tertiary/aromatic N) is 1. The van der Waals surface area contributed by atoms with Gasteiger partial charge in [-0.05, 0) is 59.7 Å². The highest BCUT2D eigenvalue weighted by Gasteiger charge is 2.22. The molecule has 3 aromatic carbocycles. The minimum atomic E-state index is -3.82. The second-order valence-corrected chi connectivity index (χ2v) is 7.89. The lowest BCUT2D eigenvalue weighted by Gasteiger charge is -2.20. The molecule has 1 amide bonds. The van der Waals surface area contributed by atoms with Crippen LogP contribution < -0.4 is 10.0 Å². The Kier molecular flexibility index (Phi) is 4.96. The number of sulfonamides is 1. The van der Waals surface area contributed by atoms with Gasteiger partial charge in [-0.2, -0.15) is 0 Å². The molecule has 5 nitrogen and oxygen atoms in total. The zero-order valence-electron chi connectivity index (χ0n) is 14.5. The highest BCUT2D eigenvalue weighted by molar-refractivity contribution is 7.92. The Balaban J connectivity index is 1.95. The van der Waals surface area contributed by atoms with Crippen LogP contribution in [0.15, 0.2) is 77.7 Å². The number of rotatable bonds is 5. The van der Waals surface area contributed by atoms with Crippen molar-refractivity contribution in [2.24, 2.45) is 5.73 Å². The molecule has 0 saturated heterocycles. The third-order valence-corrected chi connectivity index (χ3v) is 5.97. The van der Waals surface area contributed by atoms with Crippen LogP contribution >= 0.6 is 0 Å². The number of carbonyl (C=O) groups excluding carboxylic acids is 1. The Morgan fingerprint density at radius 3 is 2.15 bits per heavy atom. The van der Waals surface area contributed by atoms with E-state index in [4.69, 9.17) is 5.73 Å². The number of carbonyl (C=O) groups is 1. The van der Waals surface area contributed by atoms with Crippen LogP contribution in [0.25, 0.3) is 11.1 Å². The predicted octanol–water partition coefficient (Wildman–Crippen LogP) is 3.42. The van der Waals surface area contributed by atoms with Crippen LogP contribution in [0.2, 0.25) is 0 Å². The number of primary amides is 1. The van der Waals surface area contributed by atoms with E-state index in [2.05, 4.69) is 0 Å². The van der Waals surface area contributed by atoms with Crippen molar-refractivity contribution in [2.45, 2.75) is 4.90 Å². The van der Waals surface area contributed by atoms with Crippen LogP contribution in [0.4, 0.5) is 10.1 Å². The Bertz CT molecular complexity index is 1080. The quantitative estimate of drug-likeness (QED) is 0.732. The first-order valence-corrected chi connectivity index (χ1v) is 9.48. The van der Waals surface area contributed by atoms with Crippen LogP contribution in [0.1, 0.15) is 10.4 Å². The zero-order chi connectivity index (χ0) is 19.6. The van der Waals surface area contributed by atoms with Gasteiger partial charge in [0, 0.05) is 12.6 Å². The van der Waals surface area contributed by atoms with Gasteiger partial charge in [0.1, 0.15) is 5.82 Å². The van der Waals surface area contributed by atoms with Crippen molar-refractivity contribution in [3.63, 3.8) is 0 Å². The van der Waals surface area contributed by atoms with E-state index < -0.39 is 15.9 Å². The summed E-state index contributed by atoms with van der Waals surface area (Å²) in [5.41, 5.74) is 7.26. The smallest absolute Gasteiger partial charge is 0.264 e. The standard InChI is InChI=1S/C20H17FN2O3S/c1-23(18-11-7-15(8-12-18)20(22)24)27(25,26)19-4-2-3-16(13-19)14-5-9-17(21)10-6-14/h2-13H,1H3,(H2,22,24). The maximum absolute atomic E-state index is 13.1. The largest absolute Gasteiger partial charge is 0.366 e. The maximum Gasteiger partial charge on any atom is 0.264 e. The molecular weight excluding hydrogens is 367 g/mol. The summed E-state index contributed by atoms with van der Waals surface area (Å²) in [5, 5.41) is 0. The second-order valence-electron chi connectivity index (χ2n) is 5.92.